The number of aliphatic hydroxyl groups excluding tert-OH is 2. The molecular weight excluding hydrogens is 1890 g/mol. The number of Topliss-reactive ketones (excluding diaryl/α,β-unsaturated/α-hetero) is 3. The molecule has 9 rings (SSSR count). The Morgan fingerprint density at radius 2 is 1.12 bits per heavy atom. The van der Waals surface area contributed by atoms with E-state index in [-0.39, 0.29) is 118 Å². The lowest BCUT2D eigenvalue weighted by Gasteiger charge is -2.30. The van der Waals surface area contributed by atoms with E-state index >= 15 is 0 Å². The van der Waals surface area contributed by atoms with Crippen molar-refractivity contribution in [2.24, 2.45) is 16.2 Å². The number of ketones is 4. The number of hydrogen-bond donors (Lipinski definition) is 9. The number of benzene rings is 5. The second-order valence-electron chi connectivity index (χ2n) is 37.7. The molecule has 0 aliphatic carbocycles. The monoisotopic (exact) mass is 2030 g/mol. The summed E-state index contributed by atoms with van der Waals surface area (Å²) < 4.78 is 137. The summed E-state index contributed by atoms with van der Waals surface area (Å²) in [5.41, 5.74) is 17.5. The maximum absolute atomic E-state index is 13.5. The molecule has 0 spiro atoms. The zero-order valence-electron chi connectivity index (χ0n) is 79.4. The minimum Gasteiger partial charge on any atom is -0.488 e. The molecule has 36 nitrogen and oxygen atoms in total. The molecule has 0 radical (unpaired) electrons. The lowest BCUT2D eigenvalue weighted by molar-refractivity contribution is -0.198. The molecule has 44 heteroatoms. The summed E-state index contributed by atoms with van der Waals surface area (Å²) in [7, 11) is -16.2. The molecule has 7 atom stereocenters. The van der Waals surface area contributed by atoms with Gasteiger partial charge in [0.15, 0.2) is 53.0 Å². The average molecular weight is 2030 g/mol. The number of carbonyl (C=O) groups is 9. The van der Waals surface area contributed by atoms with Crippen molar-refractivity contribution in [2.75, 3.05) is 36.2 Å². The van der Waals surface area contributed by atoms with Crippen LogP contribution in [0.5, 0.6) is 23.0 Å². The standard InChI is InChI=1S/C28H47N4O16P3S.C17H19NO2.C12H12F4O2.C12H17NO2.C11H15NO2.C10H15NO4.4CH4/c1-17-21-25(30-15-29-17)32(16-31-21)26-22(35)23(47-49(37,38)39)20(46-26)13-44-50(40,41)48-51(42,43)45-14-28(5,6)24(36)19(34)11-7-9-18(33)10-8-12-52-27(2,3)4;1-17(2,3)20-13-9-10-14(15(18)11-13)16(19)12-7-5-4-6-8-12;1-5-6(13)8(15)9(16)10(7(5)14)18-11(17)12(2,3)4;1-8(14)10-6-5-9(7-11(10)13)15-12(2,3)4;1-11(2,3)14-9-5-4-8(7-13)10(12)6-9;1-10(2,3)6-9(14)15-11-7(12)4-5-8(11)13;;;;/h15-16,20,22-24,26,35-36H,7-14H2,1-6H3,(H,40,41)(H,42,43)(H2,37,38,39);4-11H,18H2,1-3H3;1-4H3;5-7H,13H2,1-4H3;4-7H,12H2,1-3H3;4-6H2,1-3H3;4*1H4. The number of imide groups is 1. The van der Waals surface area contributed by atoms with Crippen LogP contribution in [-0.2, 0) is 69.9 Å². The molecule has 2 aliphatic heterocycles. The summed E-state index contributed by atoms with van der Waals surface area (Å²) in [6.45, 7) is 38.7. The van der Waals surface area contributed by atoms with Gasteiger partial charge in [-0.05, 0) is 164 Å². The number of aldehydes is 1. The molecule has 7 unspecified atom stereocenters. The van der Waals surface area contributed by atoms with Crippen LogP contribution in [0.2, 0.25) is 0 Å². The highest BCUT2D eigenvalue weighted by Crippen LogP contribution is 2.61. The Morgan fingerprint density at radius 3 is 1.59 bits per heavy atom. The third-order valence-electron chi connectivity index (χ3n) is 17.9. The molecule has 2 amide bonds. The highest BCUT2D eigenvalue weighted by Gasteiger charge is 2.51. The third-order valence-corrected chi connectivity index (χ3v) is 22.4. The van der Waals surface area contributed by atoms with Crippen LogP contribution in [0.15, 0.2) is 97.6 Å². The second kappa shape index (κ2) is 53.7. The molecule has 0 saturated carbocycles. The fraction of sp³-hybridized carbons (Fsp3) is 0.532. The zero-order chi connectivity index (χ0) is 102. The number of anilines is 3. The van der Waals surface area contributed by atoms with Gasteiger partial charge in [0, 0.05) is 105 Å². The third kappa shape index (κ3) is 43.5. The zero-order valence-corrected chi connectivity index (χ0v) is 82.9. The number of nitrogens with zero attached hydrogens (tertiary/aromatic N) is 5. The summed E-state index contributed by atoms with van der Waals surface area (Å²) in [5.74, 6) is -8.30. The van der Waals surface area contributed by atoms with E-state index in [1.54, 1.807) is 85.4 Å². The van der Waals surface area contributed by atoms with E-state index in [4.69, 9.17) is 50.0 Å². The number of fused-ring (bicyclic) bond motifs is 1. The Hall–Kier alpha value is -9.80. The van der Waals surface area contributed by atoms with Gasteiger partial charge in [0.05, 0.1) is 37.1 Å². The second-order valence-corrected chi connectivity index (χ2v) is 43.9. The average Bonchev–Trinajstić information content (AvgIpc) is 1.59. The first-order chi connectivity index (χ1) is 61.3. The largest absolute Gasteiger partial charge is 0.488 e. The number of imidazole rings is 1. The number of aliphatic hydroxyl groups is 2. The van der Waals surface area contributed by atoms with Crippen LogP contribution < -0.4 is 36.1 Å². The number of nitrogen functional groups attached to an aromatic ring is 3. The van der Waals surface area contributed by atoms with Crippen molar-refractivity contribution in [2.45, 2.75) is 293 Å². The van der Waals surface area contributed by atoms with Gasteiger partial charge in [-0.1, -0.05) is 115 Å². The van der Waals surface area contributed by atoms with Crippen molar-refractivity contribution in [1.82, 2.24) is 24.6 Å². The van der Waals surface area contributed by atoms with Gasteiger partial charge >= 0.3 is 35.4 Å². The van der Waals surface area contributed by atoms with Crippen LogP contribution in [0.4, 0.5) is 34.6 Å². The van der Waals surface area contributed by atoms with Crippen LogP contribution in [0, 0.1) is 53.4 Å². The Balaban J connectivity index is 0.00000180. The van der Waals surface area contributed by atoms with E-state index in [0.717, 1.165) is 19.0 Å². The maximum Gasteiger partial charge on any atom is 0.481 e. The molecule has 5 aromatic carbocycles. The van der Waals surface area contributed by atoms with Crippen molar-refractivity contribution in [3.05, 3.63) is 154 Å². The number of hydroxylamine groups is 2. The van der Waals surface area contributed by atoms with Crippen LogP contribution in [-0.4, -0.2) is 172 Å². The topological polar surface area (TPSA) is 543 Å². The van der Waals surface area contributed by atoms with Crippen molar-refractivity contribution in [1.29, 1.82) is 0 Å². The van der Waals surface area contributed by atoms with Gasteiger partial charge in [0.1, 0.15) is 76.1 Å². The molecule has 4 heterocycles. The van der Waals surface area contributed by atoms with E-state index in [0.29, 0.717) is 85.7 Å². The molecule has 138 heavy (non-hydrogen) atoms. The van der Waals surface area contributed by atoms with E-state index in [2.05, 4.69) is 49.3 Å². The molecule has 2 saturated heterocycles. The summed E-state index contributed by atoms with van der Waals surface area (Å²) in [6.07, 6.45) is -3.64. The Morgan fingerprint density at radius 1 is 0.630 bits per heavy atom. The number of halogens is 4. The lowest BCUT2D eigenvalue weighted by Crippen LogP contribution is -2.39. The van der Waals surface area contributed by atoms with Crippen molar-refractivity contribution >= 4 is 117 Å². The van der Waals surface area contributed by atoms with Crippen molar-refractivity contribution in [3.8, 4) is 23.0 Å². The summed E-state index contributed by atoms with van der Waals surface area (Å²) in [4.78, 5) is 160. The van der Waals surface area contributed by atoms with Crippen molar-refractivity contribution < 1.29 is 151 Å². The predicted octanol–water partition coefficient (Wildman–Crippen LogP) is 18.8. The van der Waals surface area contributed by atoms with Crippen LogP contribution in [0.3, 0.4) is 0 Å². The molecule has 774 valence electrons. The maximum atomic E-state index is 13.5. The molecule has 2 aliphatic rings. The Labute approximate surface area is 810 Å². The van der Waals surface area contributed by atoms with Gasteiger partial charge in [-0.15, -0.1) is 5.06 Å². The molecule has 2 fully saturated rings. The SMILES string of the molecule is C.C.C.C.CC(=O)c1ccc(OC(C)(C)C)cc1N.CC(C)(C)CC(=O)ON1C(=O)CCC1=O.CC(C)(C)Oc1ccc(C(=O)c2ccccc2)c(N)c1.CC(C)(C)Oc1ccc(C=O)c(N)c1.Cc1c(F)c(F)c(F)c(OC(=O)C(C)(C)C)c1F.Cc1ncnc2c1ncn2C1OC(COP(=O)(O)OP(=O)(O)OCC(C)(C)C(O)C(=O)CCCC(=O)CCCSC(C)(C)C)C(OP(=O)(O)O)C1O. The number of carbonyl (C=O) groups excluding carboxylic acids is 9. The quantitative estimate of drug-likeness (QED) is 0.00167. The molecular formula is C94H141F4N8O28P3S. The normalized spacial score (nSPS) is 16.0. The summed E-state index contributed by atoms with van der Waals surface area (Å²) in [5, 5.41) is 22.1. The first-order valence-corrected chi connectivity index (χ1v) is 47.4. The number of nitrogens with two attached hydrogens (primary N) is 3. The summed E-state index contributed by atoms with van der Waals surface area (Å²) >= 11 is 1.75. The smallest absolute Gasteiger partial charge is 0.481 e. The van der Waals surface area contributed by atoms with Crippen LogP contribution in [0.1, 0.15) is 281 Å². The predicted molar refractivity (Wildman–Crippen MR) is 518 cm³/mol. The Bertz CT molecular complexity index is 5390. The van der Waals surface area contributed by atoms with E-state index in [1.807, 2.05) is 101 Å². The Kier molecular flexibility index (Phi) is 49.9. The first kappa shape index (κ1) is 128. The molecule has 0 bridgehead atoms. The number of phosphoric acid groups is 3. The number of ether oxygens (including phenoxy) is 5. The first-order valence-electron chi connectivity index (χ1n) is 41.9. The molecule has 2 aromatic heterocycles. The van der Waals surface area contributed by atoms with Gasteiger partial charge in [0.2, 0.25) is 11.6 Å². The van der Waals surface area contributed by atoms with Gasteiger partial charge in [-0.2, -0.15) is 20.5 Å². The highest BCUT2D eigenvalue weighted by atomic mass is 32.2. The van der Waals surface area contributed by atoms with E-state index < -0.39 is 142 Å². The van der Waals surface area contributed by atoms with Gasteiger partial charge < -0.3 is 75.5 Å². The van der Waals surface area contributed by atoms with Crippen LogP contribution in [0.25, 0.3) is 11.2 Å². The number of phosphoric ester groups is 3. The number of amides is 2. The minimum absolute atomic E-state index is 0. The fourth-order valence-electron chi connectivity index (χ4n) is 11.6. The number of esters is 1. The number of aryl methyl sites for hydroxylation is 1. The van der Waals surface area contributed by atoms with Crippen LogP contribution >= 0.6 is 35.2 Å². The number of rotatable bonds is 31. The summed E-state index contributed by atoms with van der Waals surface area (Å²) in [6, 6.07) is 24.5. The van der Waals surface area contributed by atoms with Gasteiger partial charge in [-0.3, -0.25) is 56.5 Å². The van der Waals surface area contributed by atoms with Gasteiger partial charge in [-0.25, -0.2) is 46.6 Å². The number of thioether (sulfide) groups is 1. The number of hydrogen-bond acceptors (Lipinski definition) is 31. The molecule has 12 N–H and O–H groups in total. The lowest BCUT2D eigenvalue weighted by atomic mass is 9.84. The minimum atomic E-state index is -5.51. The van der Waals surface area contributed by atoms with E-state index in [9.17, 15) is 104 Å². The fourth-order valence-corrected chi connectivity index (χ4v) is 15.3. The van der Waals surface area contributed by atoms with Crippen molar-refractivity contribution in [3.63, 3.8) is 0 Å². The highest BCUT2D eigenvalue weighted by molar-refractivity contribution is 8.00. The van der Waals surface area contributed by atoms with Gasteiger partial charge in [0.25, 0.3) is 11.8 Å². The number of aromatic nitrogens is 4. The molecule has 7 aromatic rings. The van der Waals surface area contributed by atoms with E-state index in [1.165, 1.54) is 58.8 Å².